The number of carbonyl (C=O) groups is 2. The summed E-state index contributed by atoms with van der Waals surface area (Å²) in [6.07, 6.45) is -10.3. The molecule has 0 saturated heterocycles. The van der Waals surface area contributed by atoms with Crippen LogP contribution >= 0.6 is 0 Å². The van der Waals surface area contributed by atoms with Crippen LogP contribution in [0.3, 0.4) is 0 Å². The Morgan fingerprint density at radius 1 is 0.854 bits per heavy atom. The molecule has 1 N–H and O–H groups in total. The van der Waals surface area contributed by atoms with Gasteiger partial charge < -0.3 is 10.2 Å². The monoisotopic (exact) mass is 578 g/mol. The normalized spacial score (nSPS) is 11.8. The Kier molecular flexibility index (Phi) is 8.17. The van der Waals surface area contributed by atoms with Gasteiger partial charge in [-0.15, -0.1) is 0 Å². The van der Waals surface area contributed by atoms with Crippen molar-refractivity contribution >= 4 is 17.6 Å². The number of amides is 2. The Labute approximate surface area is 229 Å². The van der Waals surface area contributed by atoms with Gasteiger partial charge in [-0.1, -0.05) is 30.3 Å². The van der Waals surface area contributed by atoms with Crippen LogP contribution in [0.5, 0.6) is 0 Å². The second-order valence-corrected chi connectivity index (χ2v) is 8.83. The van der Waals surface area contributed by atoms with Crippen molar-refractivity contribution in [3.63, 3.8) is 0 Å². The van der Waals surface area contributed by atoms with Gasteiger partial charge in [0.05, 0.1) is 22.5 Å². The van der Waals surface area contributed by atoms with Gasteiger partial charge in [-0.2, -0.15) is 31.4 Å². The maximum absolute atomic E-state index is 13.5. The highest BCUT2D eigenvalue weighted by atomic mass is 19.4. The fourth-order valence-corrected chi connectivity index (χ4v) is 3.94. The number of aromatic nitrogens is 2. The summed E-state index contributed by atoms with van der Waals surface area (Å²) in [6, 6.07) is 16.1. The number of hydrogen-bond acceptors (Lipinski definition) is 3. The predicted molar refractivity (Wildman–Crippen MR) is 136 cm³/mol. The van der Waals surface area contributed by atoms with Crippen LogP contribution in [0.2, 0.25) is 0 Å². The standard InChI is InChI=1S/C28H21F7N4O2/c1-2-38(26(41)18-12-19(27(30,31)32)14-20(13-18)28(33,34)35)16-25(40)36-24-15-23(17-6-4-3-5-7-17)37-39(24)22-10-8-21(29)9-11-22/h3-15H,2,16H2,1H3,(H,36,40). The maximum atomic E-state index is 13.5. The quantitative estimate of drug-likeness (QED) is 0.245. The first-order valence-corrected chi connectivity index (χ1v) is 12.1. The highest BCUT2D eigenvalue weighted by Gasteiger charge is 2.38. The fourth-order valence-electron chi connectivity index (χ4n) is 3.94. The zero-order valence-corrected chi connectivity index (χ0v) is 21.2. The van der Waals surface area contributed by atoms with Crippen LogP contribution in [0.4, 0.5) is 36.6 Å². The van der Waals surface area contributed by atoms with E-state index in [-0.39, 0.29) is 18.4 Å². The number of hydrogen-bond donors (Lipinski definition) is 1. The van der Waals surface area contributed by atoms with Gasteiger partial charge in [0.15, 0.2) is 0 Å². The van der Waals surface area contributed by atoms with E-state index in [0.29, 0.717) is 29.1 Å². The van der Waals surface area contributed by atoms with Gasteiger partial charge in [-0.3, -0.25) is 9.59 Å². The lowest BCUT2D eigenvalue weighted by Crippen LogP contribution is -2.38. The van der Waals surface area contributed by atoms with Crippen molar-refractivity contribution < 1.29 is 40.3 Å². The molecule has 4 aromatic rings. The SMILES string of the molecule is CCN(CC(=O)Nc1cc(-c2ccccc2)nn1-c1ccc(F)cc1)C(=O)c1cc(C(F)(F)F)cc(C(F)(F)F)c1. The van der Waals surface area contributed by atoms with E-state index in [1.165, 1.54) is 41.9 Å². The van der Waals surface area contributed by atoms with Gasteiger partial charge in [0.25, 0.3) is 5.91 Å². The lowest BCUT2D eigenvalue weighted by atomic mass is 10.0. The van der Waals surface area contributed by atoms with Crippen molar-refractivity contribution in [2.45, 2.75) is 19.3 Å². The number of nitrogens with one attached hydrogen (secondary N) is 1. The molecule has 13 heteroatoms. The lowest BCUT2D eigenvalue weighted by Gasteiger charge is -2.22. The van der Waals surface area contributed by atoms with E-state index in [2.05, 4.69) is 10.4 Å². The van der Waals surface area contributed by atoms with Crippen LogP contribution < -0.4 is 5.32 Å². The average molecular weight is 578 g/mol. The topological polar surface area (TPSA) is 67.2 Å². The molecule has 0 fully saturated rings. The third-order valence-corrected chi connectivity index (χ3v) is 5.96. The van der Waals surface area contributed by atoms with Crippen molar-refractivity contribution in [2.24, 2.45) is 0 Å². The highest BCUT2D eigenvalue weighted by molar-refractivity contribution is 5.99. The minimum Gasteiger partial charge on any atom is -0.330 e. The molecule has 0 aliphatic carbocycles. The Balaban J connectivity index is 1.62. The second kappa shape index (κ2) is 11.4. The summed E-state index contributed by atoms with van der Waals surface area (Å²) in [6.45, 7) is 0.526. The van der Waals surface area contributed by atoms with Crippen LogP contribution in [0.25, 0.3) is 16.9 Å². The van der Waals surface area contributed by atoms with Gasteiger partial charge >= 0.3 is 12.4 Å². The molecule has 0 spiro atoms. The van der Waals surface area contributed by atoms with Crippen molar-refractivity contribution in [3.05, 3.63) is 101 Å². The van der Waals surface area contributed by atoms with E-state index in [0.717, 1.165) is 4.90 Å². The van der Waals surface area contributed by atoms with Gasteiger partial charge in [-0.25, -0.2) is 9.07 Å². The largest absolute Gasteiger partial charge is 0.416 e. The molecule has 0 radical (unpaired) electrons. The average Bonchev–Trinajstić information content (AvgIpc) is 3.34. The third kappa shape index (κ3) is 6.91. The number of halogens is 7. The minimum absolute atomic E-state index is 0.0826. The molecule has 214 valence electrons. The molecule has 4 rings (SSSR count). The summed E-state index contributed by atoms with van der Waals surface area (Å²) in [5.74, 6) is -2.38. The van der Waals surface area contributed by atoms with Crippen LogP contribution in [0.1, 0.15) is 28.4 Å². The summed E-state index contributed by atoms with van der Waals surface area (Å²) in [4.78, 5) is 26.8. The predicted octanol–water partition coefficient (Wildman–Crippen LogP) is 6.82. The molecule has 3 aromatic carbocycles. The summed E-state index contributed by atoms with van der Waals surface area (Å²) in [7, 11) is 0. The zero-order chi connectivity index (χ0) is 29.9. The smallest absolute Gasteiger partial charge is 0.330 e. The lowest BCUT2D eigenvalue weighted by molar-refractivity contribution is -0.143. The van der Waals surface area contributed by atoms with Gasteiger partial charge in [0.1, 0.15) is 18.2 Å². The molecular weight excluding hydrogens is 557 g/mol. The van der Waals surface area contributed by atoms with E-state index >= 15 is 0 Å². The first-order valence-electron chi connectivity index (χ1n) is 12.1. The molecule has 0 saturated carbocycles. The summed E-state index contributed by atoms with van der Waals surface area (Å²) >= 11 is 0. The molecule has 0 unspecified atom stereocenters. The maximum Gasteiger partial charge on any atom is 0.416 e. The van der Waals surface area contributed by atoms with Crippen molar-refractivity contribution in [2.75, 3.05) is 18.4 Å². The summed E-state index contributed by atoms with van der Waals surface area (Å²) in [5, 5.41) is 7.04. The number of carbonyl (C=O) groups excluding carboxylic acids is 2. The molecule has 0 aliphatic heterocycles. The van der Waals surface area contributed by atoms with Crippen molar-refractivity contribution in [3.8, 4) is 16.9 Å². The number of nitrogens with zero attached hydrogens (tertiary/aromatic N) is 3. The zero-order valence-electron chi connectivity index (χ0n) is 21.2. The molecule has 1 aromatic heterocycles. The number of rotatable bonds is 7. The van der Waals surface area contributed by atoms with Gasteiger partial charge in [0.2, 0.25) is 5.91 Å². The Morgan fingerprint density at radius 3 is 1.98 bits per heavy atom. The van der Waals surface area contributed by atoms with E-state index in [4.69, 9.17) is 0 Å². The molecule has 0 atom stereocenters. The number of anilines is 1. The van der Waals surface area contributed by atoms with Crippen LogP contribution in [-0.4, -0.2) is 39.6 Å². The highest BCUT2D eigenvalue weighted by Crippen LogP contribution is 2.36. The molecule has 41 heavy (non-hydrogen) atoms. The summed E-state index contributed by atoms with van der Waals surface area (Å²) in [5.41, 5.74) is -2.64. The minimum atomic E-state index is -5.14. The van der Waals surface area contributed by atoms with E-state index < -0.39 is 53.2 Å². The van der Waals surface area contributed by atoms with Crippen molar-refractivity contribution in [1.29, 1.82) is 0 Å². The molecule has 6 nitrogen and oxygen atoms in total. The second-order valence-electron chi connectivity index (χ2n) is 8.83. The van der Waals surface area contributed by atoms with Crippen LogP contribution in [0.15, 0.2) is 78.9 Å². The van der Waals surface area contributed by atoms with Gasteiger partial charge in [0, 0.05) is 23.7 Å². The Morgan fingerprint density at radius 2 is 1.44 bits per heavy atom. The van der Waals surface area contributed by atoms with Crippen molar-refractivity contribution in [1.82, 2.24) is 14.7 Å². The van der Waals surface area contributed by atoms with Crippen LogP contribution in [0, 0.1) is 5.82 Å². The molecule has 0 aliphatic rings. The Hall–Kier alpha value is -4.68. The van der Waals surface area contributed by atoms with E-state index in [1.807, 2.05) is 0 Å². The fraction of sp³-hybridized carbons (Fsp3) is 0.179. The first-order chi connectivity index (χ1) is 19.3. The Bertz CT molecular complexity index is 1510. The number of alkyl halides is 6. The van der Waals surface area contributed by atoms with Gasteiger partial charge in [-0.05, 0) is 49.4 Å². The molecule has 1 heterocycles. The van der Waals surface area contributed by atoms with Crippen LogP contribution in [-0.2, 0) is 17.1 Å². The first kappa shape index (κ1) is 29.3. The third-order valence-electron chi connectivity index (χ3n) is 5.96. The van der Waals surface area contributed by atoms with E-state index in [1.54, 1.807) is 30.3 Å². The number of benzene rings is 3. The molecule has 2 amide bonds. The molecular formula is C28H21F7N4O2. The van der Waals surface area contributed by atoms with E-state index in [9.17, 15) is 40.3 Å². The number of likely N-dealkylation sites (N-methyl/N-ethyl adjacent to an activating group) is 1. The molecule has 0 bridgehead atoms. The summed E-state index contributed by atoms with van der Waals surface area (Å²) < 4.78 is 94.5.